The van der Waals surface area contributed by atoms with E-state index in [4.69, 9.17) is 0 Å². The molecule has 2 nitrogen and oxygen atoms in total. The summed E-state index contributed by atoms with van der Waals surface area (Å²) >= 11 is 0. The van der Waals surface area contributed by atoms with Gasteiger partial charge in [-0.25, -0.2) is 4.39 Å². The number of nitrogens with zero attached hydrogens (tertiary/aromatic N) is 1. The van der Waals surface area contributed by atoms with Gasteiger partial charge in [0.05, 0.1) is 6.10 Å². The van der Waals surface area contributed by atoms with E-state index < -0.39 is 11.8 Å². The number of hydrogen-bond acceptors (Lipinski definition) is 2. The standard InChI is InChI=1S/C9H18FNO/c1-7(2)11-5-4-8(12)9(3,10)6-11/h7-8,12H,4-6H2,1-3H3/t8-,9+/m1/s1. The zero-order valence-corrected chi connectivity index (χ0v) is 8.05. The van der Waals surface area contributed by atoms with Gasteiger partial charge in [0.1, 0.15) is 5.67 Å². The van der Waals surface area contributed by atoms with Crippen LogP contribution in [0.1, 0.15) is 27.2 Å². The first kappa shape index (κ1) is 9.93. The van der Waals surface area contributed by atoms with Crippen LogP contribution < -0.4 is 0 Å². The smallest absolute Gasteiger partial charge is 0.146 e. The number of rotatable bonds is 1. The Morgan fingerprint density at radius 1 is 1.58 bits per heavy atom. The van der Waals surface area contributed by atoms with Crippen LogP contribution in [0.3, 0.4) is 0 Å². The maximum absolute atomic E-state index is 13.6. The summed E-state index contributed by atoms with van der Waals surface area (Å²) in [6.07, 6.45) is -0.238. The molecule has 2 atom stereocenters. The first-order valence-corrected chi connectivity index (χ1v) is 4.54. The molecule has 0 unspecified atom stereocenters. The molecule has 72 valence electrons. The van der Waals surface area contributed by atoms with Crippen molar-refractivity contribution >= 4 is 0 Å². The maximum atomic E-state index is 13.6. The van der Waals surface area contributed by atoms with E-state index in [0.717, 1.165) is 6.54 Å². The van der Waals surface area contributed by atoms with E-state index in [1.54, 1.807) is 0 Å². The molecular weight excluding hydrogens is 157 g/mol. The molecule has 1 heterocycles. The summed E-state index contributed by atoms with van der Waals surface area (Å²) in [7, 11) is 0. The summed E-state index contributed by atoms with van der Waals surface area (Å²) < 4.78 is 13.6. The minimum absolute atomic E-state index is 0.353. The van der Waals surface area contributed by atoms with Gasteiger partial charge in [0.25, 0.3) is 0 Å². The number of piperidine rings is 1. The summed E-state index contributed by atoms with van der Waals surface area (Å²) in [4.78, 5) is 2.06. The highest BCUT2D eigenvalue weighted by atomic mass is 19.1. The van der Waals surface area contributed by atoms with Crippen molar-refractivity contribution < 1.29 is 9.50 Å². The first-order chi connectivity index (χ1) is 5.43. The third-order valence-electron chi connectivity index (χ3n) is 2.63. The Bertz CT molecular complexity index is 159. The van der Waals surface area contributed by atoms with Crippen molar-refractivity contribution in [3.63, 3.8) is 0 Å². The van der Waals surface area contributed by atoms with E-state index in [1.165, 1.54) is 6.92 Å². The second-order valence-corrected chi connectivity index (χ2v) is 4.15. The van der Waals surface area contributed by atoms with Gasteiger partial charge in [0.15, 0.2) is 0 Å². The lowest BCUT2D eigenvalue weighted by Crippen LogP contribution is -2.54. The number of aliphatic hydroxyl groups excluding tert-OH is 1. The van der Waals surface area contributed by atoms with E-state index in [-0.39, 0.29) is 0 Å². The minimum Gasteiger partial charge on any atom is -0.390 e. The van der Waals surface area contributed by atoms with Crippen molar-refractivity contribution in [3.05, 3.63) is 0 Å². The molecule has 0 bridgehead atoms. The molecule has 12 heavy (non-hydrogen) atoms. The molecule has 1 fully saturated rings. The Morgan fingerprint density at radius 3 is 2.58 bits per heavy atom. The number of hydrogen-bond donors (Lipinski definition) is 1. The van der Waals surface area contributed by atoms with Crippen LogP contribution >= 0.6 is 0 Å². The lowest BCUT2D eigenvalue weighted by Gasteiger charge is -2.40. The van der Waals surface area contributed by atoms with Gasteiger partial charge in [-0.15, -0.1) is 0 Å². The van der Waals surface area contributed by atoms with Gasteiger partial charge in [-0.1, -0.05) is 0 Å². The second-order valence-electron chi connectivity index (χ2n) is 4.15. The molecule has 0 aromatic heterocycles. The predicted molar refractivity (Wildman–Crippen MR) is 46.8 cm³/mol. The van der Waals surface area contributed by atoms with E-state index in [0.29, 0.717) is 19.0 Å². The van der Waals surface area contributed by atoms with E-state index >= 15 is 0 Å². The average molecular weight is 175 g/mol. The van der Waals surface area contributed by atoms with Crippen molar-refractivity contribution in [2.24, 2.45) is 0 Å². The summed E-state index contributed by atoms with van der Waals surface area (Å²) in [6, 6.07) is 0.368. The van der Waals surface area contributed by atoms with Gasteiger partial charge in [-0.3, -0.25) is 4.90 Å². The fraction of sp³-hybridized carbons (Fsp3) is 1.00. The number of halogens is 1. The molecule has 3 heteroatoms. The molecule has 0 aromatic rings. The van der Waals surface area contributed by atoms with E-state index in [1.807, 2.05) is 13.8 Å². The molecule has 0 aromatic carbocycles. The minimum atomic E-state index is -1.43. The van der Waals surface area contributed by atoms with Crippen LogP contribution in [-0.4, -0.2) is 40.9 Å². The fourth-order valence-corrected chi connectivity index (χ4v) is 1.61. The quantitative estimate of drug-likeness (QED) is 0.647. The summed E-state index contributed by atoms with van der Waals surface area (Å²) in [6.45, 7) is 6.73. The molecule has 0 aliphatic carbocycles. The van der Waals surface area contributed by atoms with Gasteiger partial charge >= 0.3 is 0 Å². The van der Waals surface area contributed by atoms with Crippen LogP contribution in [0.15, 0.2) is 0 Å². The monoisotopic (exact) mass is 175 g/mol. The van der Waals surface area contributed by atoms with Crippen LogP contribution in [0.4, 0.5) is 4.39 Å². The molecule has 0 radical (unpaired) electrons. The zero-order chi connectivity index (χ0) is 9.35. The maximum Gasteiger partial charge on any atom is 0.146 e. The Morgan fingerprint density at radius 2 is 2.17 bits per heavy atom. The lowest BCUT2D eigenvalue weighted by molar-refractivity contribution is -0.0643. The largest absolute Gasteiger partial charge is 0.390 e. The number of aliphatic hydroxyl groups is 1. The Kier molecular flexibility index (Phi) is 2.74. The molecule has 0 spiro atoms. The van der Waals surface area contributed by atoms with Crippen LogP contribution in [-0.2, 0) is 0 Å². The molecule has 1 aliphatic rings. The van der Waals surface area contributed by atoms with E-state index in [9.17, 15) is 9.50 Å². The van der Waals surface area contributed by atoms with Crippen LogP contribution in [0.5, 0.6) is 0 Å². The van der Waals surface area contributed by atoms with Gasteiger partial charge in [-0.05, 0) is 27.2 Å². The molecule has 1 rings (SSSR count). The van der Waals surface area contributed by atoms with Crippen LogP contribution in [0.25, 0.3) is 0 Å². The summed E-state index contributed by atoms with van der Waals surface area (Å²) in [5.41, 5.74) is -1.43. The predicted octanol–water partition coefficient (Wildman–Crippen LogP) is 1.19. The van der Waals surface area contributed by atoms with Crippen LogP contribution in [0, 0.1) is 0 Å². The highest BCUT2D eigenvalue weighted by Gasteiger charge is 2.39. The van der Waals surface area contributed by atoms with Gasteiger partial charge < -0.3 is 5.11 Å². The van der Waals surface area contributed by atoms with E-state index in [2.05, 4.69) is 4.90 Å². The third-order valence-corrected chi connectivity index (χ3v) is 2.63. The molecule has 1 saturated heterocycles. The average Bonchev–Trinajstić information content (AvgIpc) is 1.94. The summed E-state index contributed by atoms with van der Waals surface area (Å²) in [5, 5.41) is 9.33. The Labute approximate surface area is 73.4 Å². The number of likely N-dealkylation sites (tertiary alicyclic amines) is 1. The first-order valence-electron chi connectivity index (χ1n) is 4.54. The third kappa shape index (κ3) is 1.96. The van der Waals surface area contributed by atoms with Crippen molar-refractivity contribution in [1.29, 1.82) is 0 Å². The van der Waals surface area contributed by atoms with Crippen molar-refractivity contribution in [3.8, 4) is 0 Å². The molecule has 0 amide bonds. The molecule has 1 aliphatic heterocycles. The fourth-order valence-electron chi connectivity index (χ4n) is 1.61. The topological polar surface area (TPSA) is 23.5 Å². The lowest BCUT2D eigenvalue weighted by atomic mass is 9.93. The Hall–Kier alpha value is -0.150. The van der Waals surface area contributed by atoms with Gasteiger partial charge in [0.2, 0.25) is 0 Å². The zero-order valence-electron chi connectivity index (χ0n) is 8.05. The van der Waals surface area contributed by atoms with Crippen molar-refractivity contribution in [2.45, 2.75) is 45.0 Å². The number of alkyl halides is 1. The van der Waals surface area contributed by atoms with Crippen LogP contribution in [0.2, 0.25) is 0 Å². The van der Waals surface area contributed by atoms with Crippen molar-refractivity contribution in [1.82, 2.24) is 4.90 Å². The van der Waals surface area contributed by atoms with Gasteiger partial charge in [0, 0.05) is 19.1 Å². The normalized spacial score (nSPS) is 39.0. The highest BCUT2D eigenvalue weighted by Crippen LogP contribution is 2.26. The Balaban J connectivity index is 2.57. The molecule has 0 saturated carbocycles. The SMILES string of the molecule is CC(C)N1CC[C@@H](O)[C@@](C)(F)C1. The van der Waals surface area contributed by atoms with Gasteiger partial charge in [-0.2, -0.15) is 0 Å². The molecular formula is C9H18FNO. The van der Waals surface area contributed by atoms with Crippen molar-refractivity contribution in [2.75, 3.05) is 13.1 Å². The molecule has 1 N–H and O–H groups in total. The summed E-state index contributed by atoms with van der Waals surface area (Å²) in [5.74, 6) is 0. The highest BCUT2D eigenvalue weighted by molar-refractivity contribution is 4.91. The second kappa shape index (κ2) is 3.30.